The van der Waals surface area contributed by atoms with Gasteiger partial charge in [-0.1, -0.05) is 6.07 Å². The summed E-state index contributed by atoms with van der Waals surface area (Å²) >= 11 is 0. The number of nitrogens with zero attached hydrogens (tertiary/aromatic N) is 1. The Hall–Kier alpha value is -1.45. The Morgan fingerprint density at radius 3 is 2.70 bits per heavy atom. The maximum Gasteiger partial charge on any atom is 0.213 e. The molecular formula is C6H6FN3. The molecule has 0 spiro atoms. The van der Waals surface area contributed by atoms with E-state index >= 15 is 0 Å². The largest absolute Gasteiger partial charge is 0.382 e. The molecular weight excluding hydrogens is 133 g/mol. The van der Waals surface area contributed by atoms with E-state index in [0.29, 0.717) is 0 Å². The Morgan fingerprint density at radius 1 is 1.60 bits per heavy atom. The van der Waals surface area contributed by atoms with E-state index in [1.165, 1.54) is 18.2 Å². The second-order valence-electron chi connectivity index (χ2n) is 1.76. The van der Waals surface area contributed by atoms with E-state index in [4.69, 9.17) is 11.1 Å². The molecule has 3 nitrogen and oxygen atoms in total. The molecule has 0 saturated carbocycles. The van der Waals surface area contributed by atoms with Crippen molar-refractivity contribution in [1.82, 2.24) is 4.98 Å². The smallest absolute Gasteiger partial charge is 0.213 e. The Morgan fingerprint density at radius 2 is 2.30 bits per heavy atom. The molecule has 0 saturated heterocycles. The van der Waals surface area contributed by atoms with Crippen molar-refractivity contribution in [3.63, 3.8) is 0 Å². The highest BCUT2D eigenvalue weighted by Crippen LogP contribution is 1.95. The lowest BCUT2D eigenvalue weighted by atomic mass is 10.3. The van der Waals surface area contributed by atoms with Gasteiger partial charge in [0.1, 0.15) is 11.5 Å². The lowest BCUT2D eigenvalue weighted by Crippen LogP contribution is -2.13. The molecule has 0 unspecified atom stereocenters. The average molecular weight is 139 g/mol. The van der Waals surface area contributed by atoms with Gasteiger partial charge in [0.15, 0.2) is 0 Å². The van der Waals surface area contributed by atoms with Crippen LogP contribution in [-0.4, -0.2) is 10.8 Å². The summed E-state index contributed by atoms with van der Waals surface area (Å²) in [4.78, 5) is 3.36. The zero-order valence-corrected chi connectivity index (χ0v) is 5.13. The van der Waals surface area contributed by atoms with Crippen LogP contribution in [0.1, 0.15) is 5.69 Å². The van der Waals surface area contributed by atoms with Crippen LogP contribution >= 0.6 is 0 Å². The fourth-order valence-electron chi connectivity index (χ4n) is 0.558. The molecule has 1 heterocycles. The molecule has 0 fully saturated rings. The van der Waals surface area contributed by atoms with Crippen molar-refractivity contribution in [2.24, 2.45) is 5.73 Å². The highest BCUT2D eigenvalue weighted by atomic mass is 19.1. The molecule has 1 rings (SSSR count). The van der Waals surface area contributed by atoms with Gasteiger partial charge in [0.25, 0.3) is 0 Å². The van der Waals surface area contributed by atoms with Crippen LogP contribution < -0.4 is 5.73 Å². The van der Waals surface area contributed by atoms with Gasteiger partial charge < -0.3 is 5.73 Å². The third-order valence-electron chi connectivity index (χ3n) is 0.991. The number of rotatable bonds is 1. The standard InChI is InChI=1S/C6H6FN3/c7-5-3-1-2-4(10-5)6(8)9/h1-3H,(H3,8,9). The molecule has 4 heteroatoms. The van der Waals surface area contributed by atoms with Crippen molar-refractivity contribution in [3.8, 4) is 0 Å². The molecule has 0 atom stereocenters. The average Bonchev–Trinajstić information content (AvgIpc) is 1.88. The predicted molar refractivity (Wildman–Crippen MR) is 35.2 cm³/mol. The Labute approximate surface area is 57.2 Å². The minimum atomic E-state index is -0.618. The maximum absolute atomic E-state index is 12.3. The third-order valence-corrected chi connectivity index (χ3v) is 0.991. The lowest BCUT2D eigenvalue weighted by molar-refractivity contribution is 0.582. The van der Waals surface area contributed by atoms with Gasteiger partial charge in [-0.2, -0.15) is 4.39 Å². The Balaban J connectivity index is 3.07. The number of hydrogen-bond donors (Lipinski definition) is 2. The van der Waals surface area contributed by atoms with E-state index in [9.17, 15) is 4.39 Å². The Bertz CT molecular complexity index is 259. The molecule has 0 aliphatic carbocycles. The molecule has 1 aromatic heterocycles. The van der Waals surface area contributed by atoms with Gasteiger partial charge in [0.05, 0.1) is 0 Å². The molecule has 0 radical (unpaired) electrons. The summed E-state index contributed by atoms with van der Waals surface area (Å²) in [5, 5.41) is 6.88. The van der Waals surface area contributed by atoms with Crippen molar-refractivity contribution >= 4 is 5.84 Å². The zero-order chi connectivity index (χ0) is 7.56. The minimum Gasteiger partial charge on any atom is -0.382 e. The number of aromatic nitrogens is 1. The van der Waals surface area contributed by atoms with Crippen molar-refractivity contribution < 1.29 is 4.39 Å². The van der Waals surface area contributed by atoms with E-state index in [0.717, 1.165) is 0 Å². The molecule has 3 N–H and O–H groups in total. The number of hydrogen-bond acceptors (Lipinski definition) is 2. The maximum atomic E-state index is 12.3. The third kappa shape index (κ3) is 1.28. The molecule has 0 amide bonds. The van der Waals surface area contributed by atoms with E-state index in [1.807, 2.05) is 0 Å². The van der Waals surface area contributed by atoms with Crippen molar-refractivity contribution in [1.29, 1.82) is 5.41 Å². The van der Waals surface area contributed by atoms with Crippen LogP contribution in [0.5, 0.6) is 0 Å². The summed E-state index contributed by atoms with van der Waals surface area (Å²) in [7, 11) is 0. The highest BCUT2D eigenvalue weighted by Gasteiger charge is 1.97. The molecule has 1 aromatic rings. The fourth-order valence-corrected chi connectivity index (χ4v) is 0.558. The second-order valence-corrected chi connectivity index (χ2v) is 1.76. The minimum absolute atomic E-state index is 0.167. The quantitative estimate of drug-likeness (QED) is 0.338. The van der Waals surface area contributed by atoms with Gasteiger partial charge in [-0.25, -0.2) is 4.98 Å². The zero-order valence-electron chi connectivity index (χ0n) is 5.13. The molecule has 10 heavy (non-hydrogen) atoms. The molecule has 0 aliphatic heterocycles. The summed E-state index contributed by atoms with van der Waals surface area (Å²) in [6, 6.07) is 4.14. The molecule has 52 valence electrons. The number of halogens is 1. The van der Waals surface area contributed by atoms with Crippen LogP contribution in [0.2, 0.25) is 0 Å². The second kappa shape index (κ2) is 2.43. The van der Waals surface area contributed by atoms with E-state index in [2.05, 4.69) is 4.98 Å². The summed E-state index contributed by atoms with van der Waals surface area (Å²) < 4.78 is 12.3. The Kier molecular flexibility index (Phi) is 1.62. The molecule has 0 aromatic carbocycles. The van der Waals surface area contributed by atoms with Crippen LogP contribution in [0.4, 0.5) is 4.39 Å². The lowest BCUT2D eigenvalue weighted by Gasteiger charge is -1.94. The first-order valence-electron chi connectivity index (χ1n) is 2.67. The van der Waals surface area contributed by atoms with Gasteiger partial charge in [0, 0.05) is 0 Å². The van der Waals surface area contributed by atoms with Crippen LogP contribution in [0.15, 0.2) is 18.2 Å². The van der Waals surface area contributed by atoms with Gasteiger partial charge in [0.2, 0.25) is 5.95 Å². The van der Waals surface area contributed by atoms with Gasteiger partial charge in [-0.05, 0) is 12.1 Å². The first kappa shape index (κ1) is 6.67. The summed E-state index contributed by atoms with van der Waals surface area (Å²) in [6.45, 7) is 0. The van der Waals surface area contributed by atoms with Crippen LogP contribution in [0, 0.1) is 11.4 Å². The van der Waals surface area contributed by atoms with Crippen LogP contribution in [0.25, 0.3) is 0 Å². The van der Waals surface area contributed by atoms with E-state index in [1.54, 1.807) is 0 Å². The number of nitrogens with two attached hydrogens (primary N) is 1. The number of pyridine rings is 1. The highest BCUT2D eigenvalue weighted by molar-refractivity contribution is 5.92. The van der Waals surface area contributed by atoms with Gasteiger partial charge >= 0.3 is 0 Å². The van der Waals surface area contributed by atoms with Crippen LogP contribution in [0.3, 0.4) is 0 Å². The summed E-state index contributed by atoms with van der Waals surface area (Å²) in [6.07, 6.45) is 0. The topological polar surface area (TPSA) is 62.8 Å². The van der Waals surface area contributed by atoms with Crippen molar-refractivity contribution in [3.05, 3.63) is 29.8 Å². The number of nitrogens with one attached hydrogen (secondary N) is 1. The van der Waals surface area contributed by atoms with E-state index < -0.39 is 5.95 Å². The molecule has 0 aliphatic rings. The number of amidine groups is 1. The van der Waals surface area contributed by atoms with Crippen LogP contribution in [-0.2, 0) is 0 Å². The van der Waals surface area contributed by atoms with Gasteiger partial charge in [-0.15, -0.1) is 0 Å². The summed E-state index contributed by atoms with van der Waals surface area (Å²) in [5.74, 6) is -0.841. The van der Waals surface area contributed by atoms with Crippen molar-refractivity contribution in [2.75, 3.05) is 0 Å². The first-order chi connectivity index (χ1) is 4.70. The van der Waals surface area contributed by atoms with E-state index in [-0.39, 0.29) is 11.5 Å². The van der Waals surface area contributed by atoms with Gasteiger partial charge in [-0.3, -0.25) is 5.41 Å². The van der Waals surface area contributed by atoms with Crippen molar-refractivity contribution in [2.45, 2.75) is 0 Å². The first-order valence-corrected chi connectivity index (χ1v) is 2.67. The number of nitrogen functional groups attached to an aromatic ring is 1. The SMILES string of the molecule is N=C(N)c1cccc(F)n1. The summed E-state index contributed by atoms with van der Waals surface area (Å²) in [5.41, 5.74) is 5.20. The predicted octanol–water partition coefficient (Wildman–Crippen LogP) is 0.505. The monoisotopic (exact) mass is 139 g/mol. The molecule has 0 bridgehead atoms. The normalized spacial score (nSPS) is 9.30. The fraction of sp³-hybridized carbons (Fsp3) is 0.